The molecule has 0 bridgehead atoms. The first-order valence-corrected chi connectivity index (χ1v) is 11.4. The van der Waals surface area contributed by atoms with Crippen LogP contribution < -0.4 is 4.74 Å². The molecular formula is C29H26N2O2. The molecule has 0 amide bonds. The zero-order valence-electron chi connectivity index (χ0n) is 18.7. The van der Waals surface area contributed by atoms with Crippen molar-refractivity contribution in [2.45, 2.75) is 32.9 Å². The number of hydrogen-bond acceptors (Lipinski definition) is 3. The van der Waals surface area contributed by atoms with Crippen LogP contribution in [0.5, 0.6) is 5.75 Å². The van der Waals surface area contributed by atoms with Gasteiger partial charge in [-0.15, -0.1) is 0 Å². The van der Waals surface area contributed by atoms with Gasteiger partial charge in [0.05, 0.1) is 5.52 Å². The summed E-state index contributed by atoms with van der Waals surface area (Å²) in [7, 11) is 0. The Morgan fingerprint density at radius 3 is 2.42 bits per heavy atom. The molecule has 4 heteroatoms. The average molecular weight is 435 g/mol. The summed E-state index contributed by atoms with van der Waals surface area (Å²) in [6.45, 7) is 3.53. The van der Waals surface area contributed by atoms with Gasteiger partial charge in [0.1, 0.15) is 18.1 Å². The molecule has 0 aliphatic carbocycles. The normalized spacial score (nSPS) is 11.2. The summed E-state index contributed by atoms with van der Waals surface area (Å²) in [4.78, 5) is 18.1. The maximum atomic E-state index is 13.5. The lowest BCUT2D eigenvalue weighted by molar-refractivity contribution is 0.103. The first-order chi connectivity index (χ1) is 16.3. The molecule has 0 fully saturated rings. The Balaban J connectivity index is 1.48. The van der Waals surface area contributed by atoms with Crippen LogP contribution in [0.4, 0.5) is 0 Å². The van der Waals surface area contributed by atoms with Crippen LogP contribution in [0.25, 0.3) is 21.8 Å². The zero-order valence-corrected chi connectivity index (χ0v) is 18.7. The summed E-state index contributed by atoms with van der Waals surface area (Å²) in [5, 5.41) is 2.23. The number of nitrogens with zero attached hydrogens (tertiary/aromatic N) is 2. The molecule has 0 atom stereocenters. The lowest BCUT2D eigenvalue weighted by Crippen LogP contribution is -2.08. The topological polar surface area (TPSA) is 44.1 Å². The fraction of sp³-hybridized carbons (Fsp3) is 0.172. The van der Waals surface area contributed by atoms with E-state index in [9.17, 15) is 4.79 Å². The Morgan fingerprint density at radius 2 is 1.64 bits per heavy atom. The van der Waals surface area contributed by atoms with E-state index in [0.717, 1.165) is 52.5 Å². The number of fused-ring (bicyclic) bond motifs is 3. The molecule has 0 spiro atoms. The van der Waals surface area contributed by atoms with Gasteiger partial charge >= 0.3 is 0 Å². The van der Waals surface area contributed by atoms with E-state index in [4.69, 9.17) is 4.74 Å². The van der Waals surface area contributed by atoms with Crippen molar-refractivity contribution in [3.8, 4) is 5.75 Å². The second kappa shape index (κ2) is 9.29. The lowest BCUT2D eigenvalue weighted by Gasteiger charge is -2.10. The number of carbonyl (C=O) groups is 1. The van der Waals surface area contributed by atoms with Gasteiger partial charge in [0, 0.05) is 34.6 Å². The standard InChI is InChI=1S/C29H26N2O2/c1-2-3-19-31-26-12-8-7-11-24(26)25-17-18-30-27(28(25)31)29(32)22-13-15-23(16-14-22)33-20-21-9-5-4-6-10-21/h4-18H,2-3,19-20H2,1H3. The van der Waals surface area contributed by atoms with Crippen molar-refractivity contribution in [3.63, 3.8) is 0 Å². The molecule has 0 aliphatic heterocycles. The third-order valence-corrected chi connectivity index (χ3v) is 5.99. The average Bonchev–Trinajstić information content (AvgIpc) is 3.20. The van der Waals surface area contributed by atoms with Crippen LogP contribution in [0.15, 0.2) is 91.1 Å². The Labute approximate surface area is 193 Å². The van der Waals surface area contributed by atoms with Gasteiger partial charge in [-0.05, 0) is 48.4 Å². The van der Waals surface area contributed by atoms with Gasteiger partial charge in [-0.25, -0.2) is 0 Å². The van der Waals surface area contributed by atoms with Gasteiger partial charge < -0.3 is 9.30 Å². The quantitative estimate of drug-likeness (QED) is 0.252. The second-order valence-corrected chi connectivity index (χ2v) is 8.21. The molecule has 0 radical (unpaired) electrons. The van der Waals surface area contributed by atoms with Gasteiger partial charge in [-0.2, -0.15) is 0 Å². The molecule has 3 aromatic carbocycles. The molecule has 2 heterocycles. The summed E-state index contributed by atoms with van der Waals surface area (Å²) >= 11 is 0. The molecule has 33 heavy (non-hydrogen) atoms. The van der Waals surface area contributed by atoms with Crippen molar-refractivity contribution in [2.24, 2.45) is 0 Å². The van der Waals surface area contributed by atoms with E-state index < -0.39 is 0 Å². The van der Waals surface area contributed by atoms with E-state index >= 15 is 0 Å². The van der Waals surface area contributed by atoms with Crippen molar-refractivity contribution in [1.82, 2.24) is 9.55 Å². The van der Waals surface area contributed by atoms with Crippen LogP contribution >= 0.6 is 0 Å². The third-order valence-electron chi connectivity index (χ3n) is 5.99. The van der Waals surface area contributed by atoms with Crippen LogP contribution in [0.1, 0.15) is 41.4 Å². The molecule has 0 saturated carbocycles. The zero-order chi connectivity index (χ0) is 22.6. The van der Waals surface area contributed by atoms with Gasteiger partial charge in [-0.3, -0.25) is 9.78 Å². The van der Waals surface area contributed by atoms with Crippen molar-refractivity contribution in [3.05, 3.63) is 108 Å². The summed E-state index contributed by atoms with van der Waals surface area (Å²) < 4.78 is 8.13. The van der Waals surface area contributed by atoms with E-state index in [2.05, 4.69) is 28.6 Å². The highest BCUT2D eigenvalue weighted by molar-refractivity contribution is 6.19. The Hall–Kier alpha value is -3.92. The van der Waals surface area contributed by atoms with Gasteiger partial charge in [0.15, 0.2) is 0 Å². The molecule has 0 N–H and O–H groups in total. The highest BCUT2D eigenvalue weighted by Crippen LogP contribution is 2.31. The maximum absolute atomic E-state index is 13.5. The van der Waals surface area contributed by atoms with Crippen LogP contribution in [0.3, 0.4) is 0 Å². The minimum atomic E-state index is -0.0734. The highest BCUT2D eigenvalue weighted by atomic mass is 16.5. The minimum Gasteiger partial charge on any atom is -0.489 e. The summed E-state index contributed by atoms with van der Waals surface area (Å²) in [5.74, 6) is 0.661. The van der Waals surface area contributed by atoms with Crippen LogP contribution in [-0.2, 0) is 13.2 Å². The Kier molecular flexibility index (Phi) is 5.90. The number of rotatable bonds is 8. The van der Waals surface area contributed by atoms with E-state index in [0.29, 0.717) is 17.9 Å². The number of hydrogen-bond donors (Lipinski definition) is 0. The predicted octanol–water partition coefficient (Wildman–Crippen LogP) is 6.80. The Bertz CT molecular complexity index is 1400. The van der Waals surface area contributed by atoms with Crippen LogP contribution in [0, 0.1) is 0 Å². The summed E-state index contributed by atoms with van der Waals surface area (Å²) in [5.41, 5.74) is 4.27. The van der Waals surface area contributed by atoms with E-state index in [-0.39, 0.29) is 5.78 Å². The van der Waals surface area contributed by atoms with Crippen molar-refractivity contribution in [2.75, 3.05) is 0 Å². The van der Waals surface area contributed by atoms with Crippen molar-refractivity contribution >= 4 is 27.6 Å². The molecular weight excluding hydrogens is 408 g/mol. The number of unbranched alkanes of at least 4 members (excludes halogenated alkanes) is 1. The fourth-order valence-corrected chi connectivity index (χ4v) is 4.30. The Morgan fingerprint density at radius 1 is 0.879 bits per heavy atom. The minimum absolute atomic E-state index is 0.0734. The summed E-state index contributed by atoms with van der Waals surface area (Å²) in [6.07, 6.45) is 3.87. The molecule has 0 unspecified atom stereocenters. The molecule has 0 aliphatic rings. The number of aryl methyl sites for hydroxylation is 1. The molecule has 164 valence electrons. The molecule has 4 nitrogen and oxygen atoms in total. The van der Waals surface area contributed by atoms with Crippen molar-refractivity contribution < 1.29 is 9.53 Å². The van der Waals surface area contributed by atoms with E-state index in [1.165, 1.54) is 0 Å². The second-order valence-electron chi connectivity index (χ2n) is 8.21. The monoisotopic (exact) mass is 434 g/mol. The molecule has 0 saturated heterocycles. The SMILES string of the molecule is CCCCn1c2ccccc2c2ccnc(C(=O)c3ccc(OCc4ccccc4)cc3)c21. The van der Waals surface area contributed by atoms with Gasteiger partial charge in [-0.1, -0.05) is 61.9 Å². The summed E-state index contributed by atoms with van der Waals surface area (Å²) in [6, 6.07) is 27.7. The molecule has 5 rings (SSSR count). The maximum Gasteiger partial charge on any atom is 0.213 e. The number of carbonyl (C=O) groups excluding carboxylic acids is 1. The van der Waals surface area contributed by atoms with E-state index in [1.807, 2.05) is 72.8 Å². The van der Waals surface area contributed by atoms with Gasteiger partial charge in [0.2, 0.25) is 5.78 Å². The predicted molar refractivity (Wildman–Crippen MR) is 133 cm³/mol. The molecule has 2 aromatic heterocycles. The number of pyridine rings is 1. The highest BCUT2D eigenvalue weighted by Gasteiger charge is 2.20. The number of para-hydroxylation sites is 1. The molecule has 5 aromatic rings. The number of ether oxygens (including phenoxy) is 1. The number of ketones is 1. The van der Waals surface area contributed by atoms with Gasteiger partial charge in [0.25, 0.3) is 0 Å². The van der Waals surface area contributed by atoms with E-state index in [1.54, 1.807) is 6.20 Å². The van der Waals surface area contributed by atoms with Crippen LogP contribution in [0.2, 0.25) is 0 Å². The number of aromatic nitrogens is 2. The van der Waals surface area contributed by atoms with Crippen LogP contribution in [-0.4, -0.2) is 15.3 Å². The lowest BCUT2D eigenvalue weighted by atomic mass is 10.1. The smallest absolute Gasteiger partial charge is 0.213 e. The first-order valence-electron chi connectivity index (χ1n) is 11.4. The van der Waals surface area contributed by atoms with Crippen molar-refractivity contribution in [1.29, 1.82) is 0 Å². The number of benzene rings is 3. The first kappa shape index (κ1) is 21.0. The fourth-order valence-electron chi connectivity index (χ4n) is 4.30. The largest absolute Gasteiger partial charge is 0.489 e. The third kappa shape index (κ3) is 4.12.